The normalized spacial score (nSPS) is 19.4. The third kappa shape index (κ3) is 3.82. The van der Waals surface area contributed by atoms with Crippen LogP contribution in [0.2, 0.25) is 0 Å². The Morgan fingerprint density at radius 1 is 1.00 bits per heavy atom. The van der Waals surface area contributed by atoms with E-state index < -0.39 is 11.4 Å². The van der Waals surface area contributed by atoms with Gasteiger partial charge in [-0.2, -0.15) is 0 Å². The Labute approximate surface area is 115 Å². The van der Waals surface area contributed by atoms with E-state index >= 15 is 0 Å². The number of hydrogen-bond donors (Lipinski definition) is 1. The molecule has 19 heavy (non-hydrogen) atoms. The molecule has 1 saturated carbocycles. The number of carboxylic acids is 1. The van der Waals surface area contributed by atoms with Gasteiger partial charge in [0.1, 0.15) is 0 Å². The zero-order valence-corrected chi connectivity index (χ0v) is 11.6. The molecule has 0 saturated heterocycles. The maximum absolute atomic E-state index is 11.8. The van der Waals surface area contributed by atoms with Gasteiger partial charge in [-0.3, -0.25) is 4.79 Å². The number of hydrogen-bond acceptors (Lipinski definition) is 1. The van der Waals surface area contributed by atoms with Gasteiger partial charge in [-0.25, -0.2) is 0 Å². The average molecular weight is 260 g/mol. The van der Waals surface area contributed by atoms with Gasteiger partial charge >= 0.3 is 5.97 Å². The fourth-order valence-electron chi connectivity index (χ4n) is 3.18. The molecule has 2 nitrogen and oxygen atoms in total. The molecule has 0 radical (unpaired) electrons. The number of rotatable bonds is 4. The maximum atomic E-state index is 11.8. The molecule has 0 atom stereocenters. The highest BCUT2D eigenvalue weighted by molar-refractivity contribution is 5.74. The molecular weight excluding hydrogens is 236 g/mol. The molecule has 1 aromatic rings. The Balaban J connectivity index is 2.03. The highest BCUT2D eigenvalue weighted by atomic mass is 16.4. The van der Waals surface area contributed by atoms with Gasteiger partial charge in [-0.15, -0.1) is 0 Å². The number of carboxylic acid groups (broad SMARTS) is 1. The van der Waals surface area contributed by atoms with Crippen molar-refractivity contribution < 1.29 is 9.90 Å². The van der Waals surface area contributed by atoms with Crippen molar-refractivity contribution in [3.8, 4) is 0 Å². The van der Waals surface area contributed by atoms with E-state index in [0.717, 1.165) is 38.5 Å². The molecule has 0 aromatic heterocycles. The first-order valence-corrected chi connectivity index (χ1v) is 7.50. The standard InChI is InChI=1S/C17H24O2/c18-16(19)17(12-7-2-1-3-8-13-17)14-11-15-9-5-4-6-10-15/h4-6,9-10H,1-3,7-8,11-14H2,(H,18,19). The Morgan fingerprint density at radius 2 is 1.58 bits per heavy atom. The minimum atomic E-state index is -0.578. The van der Waals surface area contributed by atoms with Gasteiger partial charge < -0.3 is 5.11 Å². The summed E-state index contributed by atoms with van der Waals surface area (Å²) in [5.41, 5.74) is 0.779. The zero-order chi connectivity index (χ0) is 13.6. The van der Waals surface area contributed by atoms with Crippen molar-refractivity contribution in [2.75, 3.05) is 0 Å². The van der Waals surface area contributed by atoms with Gasteiger partial charge in [0, 0.05) is 0 Å². The Kier molecular flexibility index (Phi) is 5.00. The van der Waals surface area contributed by atoms with Crippen molar-refractivity contribution >= 4 is 5.97 Å². The quantitative estimate of drug-likeness (QED) is 0.869. The molecule has 104 valence electrons. The van der Waals surface area contributed by atoms with E-state index in [9.17, 15) is 9.90 Å². The van der Waals surface area contributed by atoms with Crippen LogP contribution in [-0.4, -0.2) is 11.1 Å². The average Bonchev–Trinajstić information content (AvgIpc) is 2.39. The summed E-state index contributed by atoms with van der Waals surface area (Å²) in [4.78, 5) is 11.8. The lowest BCUT2D eigenvalue weighted by Gasteiger charge is -2.31. The van der Waals surface area contributed by atoms with Gasteiger partial charge in [-0.05, 0) is 31.2 Å². The van der Waals surface area contributed by atoms with Crippen LogP contribution in [0.3, 0.4) is 0 Å². The predicted octanol–water partition coefficient (Wildman–Crippen LogP) is 4.43. The number of aryl methyl sites for hydroxylation is 1. The third-order valence-electron chi connectivity index (χ3n) is 4.50. The minimum Gasteiger partial charge on any atom is -0.481 e. The first-order valence-electron chi connectivity index (χ1n) is 7.50. The molecule has 1 aromatic carbocycles. The topological polar surface area (TPSA) is 37.3 Å². The summed E-state index contributed by atoms with van der Waals surface area (Å²) in [6.45, 7) is 0. The van der Waals surface area contributed by atoms with Crippen LogP contribution in [0.1, 0.15) is 56.9 Å². The SMILES string of the molecule is O=C(O)C1(CCc2ccccc2)CCCCCCC1. The lowest BCUT2D eigenvalue weighted by atomic mass is 9.72. The van der Waals surface area contributed by atoms with Crippen molar-refractivity contribution in [1.82, 2.24) is 0 Å². The van der Waals surface area contributed by atoms with E-state index in [-0.39, 0.29) is 0 Å². The van der Waals surface area contributed by atoms with Gasteiger partial charge in [0.05, 0.1) is 5.41 Å². The van der Waals surface area contributed by atoms with Crippen LogP contribution in [0.25, 0.3) is 0 Å². The van der Waals surface area contributed by atoms with Crippen LogP contribution in [0.15, 0.2) is 30.3 Å². The Hall–Kier alpha value is -1.31. The largest absolute Gasteiger partial charge is 0.481 e. The van der Waals surface area contributed by atoms with E-state index in [1.54, 1.807) is 0 Å². The second-order valence-electron chi connectivity index (χ2n) is 5.84. The molecule has 0 bridgehead atoms. The highest BCUT2D eigenvalue weighted by Gasteiger charge is 2.37. The maximum Gasteiger partial charge on any atom is 0.309 e. The summed E-state index contributed by atoms with van der Waals surface area (Å²) < 4.78 is 0. The number of aliphatic carboxylic acids is 1. The summed E-state index contributed by atoms with van der Waals surface area (Å²) >= 11 is 0. The Bertz CT molecular complexity index is 389. The van der Waals surface area contributed by atoms with Crippen LogP contribution in [0.4, 0.5) is 0 Å². The Morgan fingerprint density at radius 3 is 2.16 bits per heavy atom. The van der Waals surface area contributed by atoms with Crippen molar-refractivity contribution in [2.45, 2.75) is 57.8 Å². The summed E-state index contributed by atoms with van der Waals surface area (Å²) in [5.74, 6) is -0.578. The molecule has 1 aliphatic rings. The van der Waals surface area contributed by atoms with E-state index in [1.165, 1.54) is 24.8 Å². The molecule has 0 spiro atoms. The van der Waals surface area contributed by atoms with E-state index in [4.69, 9.17) is 0 Å². The van der Waals surface area contributed by atoms with Crippen molar-refractivity contribution in [3.63, 3.8) is 0 Å². The molecular formula is C17H24O2. The third-order valence-corrected chi connectivity index (χ3v) is 4.50. The summed E-state index contributed by atoms with van der Waals surface area (Å²) in [6, 6.07) is 10.3. The van der Waals surface area contributed by atoms with Crippen LogP contribution in [0, 0.1) is 5.41 Å². The smallest absolute Gasteiger partial charge is 0.309 e. The van der Waals surface area contributed by atoms with Crippen molar-refractivity contribution in [2.24, 2.45) is 5.41 Å². The lowest BCUT2D eigenvalue weighted by Crippen LogP contribution is -2.32. The van der Waals surface area contributed by atoms with E-state index in [0.29, 0.717) is 0 Å². The molecule has 1 aliphatic carbocycles. The number of benzene rings is 1. The van der Waals surface area contributed by atoms with Crippen LogP contribution in [0.5, 0.6) is 0 Å². The molecule has 2 heteroatoms. The van der Waals surface area contributed by atoms with Gasteiger partial charge in [0.2, 0.25) is 0 Å². The van der Waals surface area contributed by atoms with Crippen molar-refractivity contribution in [1.29, 1.82) is 0 Å². The first-order chi connectivity index (χ1) is 9.23. The fourth-order valence-corrected chi connectivity index (χ4v) is 3.18. The zero-order valence-electron chi connectivity index (χ0n) is 11.6. The molecule has 0 heterocycles. The fraction of sp³-hybridized carbons (Fsp3) is 0.588. The summed E-state index contributed by atoms with van der Waals surface area (Å²) in [5, 5.41) is 9.68. The minimum absolute atomic E-state index is 0.476. The summed E-state index contributed by atoms with van der Waals surface area (Å²) in [7, 11) is 0. The molecule has 1 fully saturated rings. The van der Waals surface area contributed by atoms with Crippen LogP contribution >= 0.6 is 0 Å². The monoisotopic (exact) mass is 260 g/mol. The predicted molar refractivity (Wildman–Crippen MR) is 77.2 cm³/mol. The molecule has 0 amide bonds. The summed E-state index contributed by atoms with van der Waals surface area (Å²) in [6.07, 6.45) is 9.18. The van der Waals surface area contributed by atoms with Gasteiger partial charge in [-0.1, -0.05) is 62.4 Å². The van der Waals surface area contributed by atoms with Gasteiger partial charge in [0.15, 0.2) is 0 Å². The number of carbonyl (C=O) groups is 1. The molecule has 0 unspecified atom stereocenters. The second kappa shape index (κ2) is 6.74. The van der Waals surface area contributed by atoms with Crippen LogP contribution in [-0.2, 0) is 11.2 Å². The van der Waals surface area contributed by atoms with Crippen molar-refractivity contribution in [3.05, 3.63) is 35.9 Å². The van der Waals surface area contributed by atoms with E-state index in [1.807, 2.05) is 18.2 Å². The van der Waals surface area contributed by atoms with Gasteiger partial charge in [0.25, 0.3) is 0 Å². The first kappa shape index (κ1) is 14.1. The molecule has 0 aliphatic heterocycles. The molecule has 2 rings (SSSR count). The second-order valence-corrected chi connectivity index (χ2v) is 5.84. The molecule has 1 N–H and O–H groups in total. The lowest BCUT2D eigenvalue weighted by molar-refractivity contribution is -0.150. The van der Waals surface area contributed by atoms with E-state index in [2.05, 4.69) is 12.1 Å². The van der Waals surface area contributed by atoms with Crippen LogP contribution < -0.4 is 0 Å². The highest BCUT2D eigenvalue weighted by Crippen LogP contribution is 2.38.